The van der Waals surface area contributed by atoms with Gasteiger partial charge in [-0.3, -0.25) is 4.79 Å². The van der Waals surface area contributed by atoms with E-state index in [9.17, 15) is 65.8 Å². The fourth-order valence-electron chi connectivity index (χ4n) is 5.79. The maximum atomic E-state index is 12.2. The maximum absolute atomic E-state index is 12.2. The fraction of sp³-hybridized carbons (Fsp3) is 0.923. The molecule has 20 atom stereocenters. The van der Waals surface area contributed by atoms with E-state index in [1.807, 2.05) is 0 Å². The lowest BCUT2D eigenvalue weighted by Crippen LogP contribution is -2.70. The van der Waals surface area contributed by atoms with Crippen LogP contribution in [0.25, 0.3) is 0 Å². The molecule has 0 saturated carbocycles. The lowest BCUT2D eigenvalue weighted by Gasteiger charge is -2.49. The first-order valence-electron chi connectivity index (χ1n) is 14.8. The second kappa shape index (κ2) is 15.4. The molecule has 0 radical (unpaired) electrons. The largest absolute Gasteiger partial charge is 0.479 e. The van der Waals surface area contributed by atoms with Crippen LogP contribution in [0.4, 0.5) is 0 Å². The van der Waals surface area contributed by atoms with Gasteiger partial charge < -0.3 is 94.6 Å². The lowest BCUT2D eigenvalue weighted by atomic mass is 9.94. The van der Waals surface area contributed by atoms with Crippen LogP contribution in [0, 0.1) is 0 Å². The van der Waals surface area contributed by atoms with Crippen LogP contribution in [-0.2, 0) is 42.7 Å². The summed E-state index contributed by atoms with van der Waals surface area (Å²) in [6.45, 7) is 2.85. The zero-order chi connectivity index (χ0) is 35.1. The van der Waals surface area contributed by atoms with E-state index in [-0.39, 0.29) is 0 Å². The quantitative estimate of drug-likeness (QED) is 0.107. The number of hydrogen-bond acceptors (Lipinski definition) is 19. The predicted octanol–water partition coefficient (Wildman–Crippen LogP) is -7.46. The third kappa shape index (κ3) is 7.86. The first kappa shape index (κ1) is 38.1. The number of aliphatic hydroxyl groups excluding tert-OH is 10. The van der Waals surface area contributed by atoms with Crippen LogP contribution in [-0.4, -0.2) is 197 Å². The SMILES string of the molecule is CC(=O)NC1[C@H](OC2[C@H](O)OC(C)[C@H](O)[C@@H]2O)OC(CO)[C@H](O)[C@@H]1O[C@@H]1OC(C(=O)O)[C@H](O[C@@H]2O[C@@H](C)[C@H](O)C(O)C2O)[C@H](O)C1O. The first-order chi connectivity index (χ1) is 22.0. The number of hydrogen-bond donors (Lipinski definition) is 12. The number of aliphatic hydroxyl groups is 10. The van der Waals surface area contributed by atoms with Gasteiger partial charge in [0.05, 0.1) is 18.8 Å². The summed E-state index contributed by atoms with van der Waals surface area (Å²) in [4.78, 5) is 24.4. The molecule has 4 aliphatic rings. The highest BCUT2D eigenvalue weighted by Gasteiger charge is 2.56. The molecular weight excluding hydrogens is 646 g/mol. The number of nitrogens with one attached hydrogen (secondary N) is 1. The summed E-state index contributed by atoms with van der Waals surface area (Å²) >= 11 is 0. The molecule has 4 aliphatic heterocycles. The summed E-state index contributed by atoms with van der Waals surface area (Å²) in [7, 11) is 0. The van der Waals surface area contributed by atoms with Crippen LogP contribution in [0.1, 0.15) is 20.8 Å². The Hall–Kier alpha value is -1.74. The van der Waals surface area contributed by atoms with E-state index in [1.165, 1.54) is 13.8 Å². The molecule has 0 aromatic carbocycles. The van der Waals surface area contributed by atoms with Crippen molar-refractivity contribution in [1.29, 1.82) is 0 Å². The molecule has 4 heterocycles. The summed E-state index contributed by atoms with van der Waals surface area (Å²) in [6, 6.07) is -1.61. The lowest BCUT2D eigenvalue weighted by molar-refractivity contribution is -0.375. The topological polar surface area (TPSA) is 333 Å². The number of rotatable bonds is 9. The van der Waals surface area contributed by atoms with Crippen molar-refractivity contribution in [2.45, 2.75) is 144 Å². The van der Waals surface area contributed by atoms with Crippen LogP contribution in [0.2, 0.25) is 0 Å². The van der Waals surface area contributed by atoms with Gasteiger partial charge in [0.15, 0.2) is 31.3 Å². The molecule has 47 heavy (non-hydrogen) atoms. The number of amides is 1. The van der Waals surface area contributed by atoms with E-state index in [0.29, 0.717) is 0 Å². The highest BCUT2D eigenvalue weighted by molar-refractivity contribution is 5.74. The Kier molecular flexibility index (Phi) is 12.5. The van der Waals surface area contributed by atoms with Crippen molar-refractivity contribution in [3.05, 3.63) is 0 Å². The second-order valence-corrected chi connectivity index (χ2v) is 11.9. The van der Waals surface area contributed by atoms with E-state index >= 15 is 0 Å². The molecule has 272 valence electrons. The third-order valence-corrected chi connectivity index (χ3v) is 8.50. The Labute approximate surface area is 266 Å². The van der Waals surface area contributed by atoms with Gasteiger partial charge in [0.2, 0.25) is 5.91 Å². The molecule has 0 aliphatic carbocycles. The van der Waals surface area contributed by atoms with Crippen LogP contribution in [0.5, 0.6) is 0 Å². The monoisotopic (exact) mass is 689 g/mol. The van der Waals surface area contributed by atoms with Crippen molar-refractivity contribution in [3.63, 3.8) is 0 Å². The third-order valence-electron chi connectivity index (χ3n) is 8.50. The van der Waals surface area contributed by atoms with E-state index < -0.39 is 141 Å². The van der Waals surface area contributed by atoms with Crippen LogP contribution < -0.4 is 5.32 Å². The average Bonchev–Trinajstić information content (AvgIpc) is 3.01. The Morgan fingerprint density at radius 2 is 1.13 bits per heavy atom. The van der Waals surface area contributed by atoms with Gasteiger partial charge in [-0.25, -0.2) is 4.79 Å². The number of carbonyl (C=O) groups excluding carboxylic acids is 1. The number of carbonyl (C=O) groups is 2. The van der Waals surface area contributed by atoms with E-state index in [1.54, 1.807) is 0 Å². The van der Waals surface area contributed by atoms with E-state index in [2.05, 4.69) is 5.32 Å². The van der Waals surface area contributed by atoms with Crippen molar-refractivity contribution >= 4 is 11.9 Å². The highest BCUT2D eigenvalue weighted by Crippen LogP contribution is 2.34. The molecular formula is C26H43NO20. The molecule has 12 N–H and O–H groups in total. The molecule has 4 rings (SSSR count). The van der Waals surface area contributed by atoms with Crippen molar-refractivity contribution in [1.82, 2.24) is 5.32 Å². The van der Waals surface area contributed by atoms with Gasteiger partial charge in [-0.15, -0.1) is 0 Å². The van der Waals surface area contributed by atoms with Gasteiger partial charge in [0.25, 0.3) is 0 Å². The smallest absolute Gasteiger partial charge is 0.335 e. The minimum atomic E-state index is -2.16. The zero-order valence-electron chi connectivity index (χ0n) is 25.3. The first-order valence-corrected chi connectivity index (χ1v) is 14.8. The second-order valence-electron chi connectivity index (χ2n) is 11.9. The number of carboxylic acids is 1. The summed E-state index contributed by atoms with van der Waals surface area (Å²) in [5.74, 6) is -2.53. The van der Waals surface area contributed by atoms with Crippen LogP contribution in [0.3, 0.4) is 0 Å². The fourth-order valence-corrected chi connectivity index (χ4v) is 5.79. The summed E-state index contributed by atoms with van der Waals surface area (Å²) in [5, 5.41) is 117. The Bertz CT molecular complexity index is 1070. The molecule has 4 fully saturated rings. The molecule has 21 nitrogen and oxygen atoms in total. The Balaban J connectivity index is 1.58. The minimum Gasteiger partial charge on any atom is -0.479 e. The standard InChI is InChI=1S/C26H43NO20/c1-5-11(31)14(34)20(23(40)41-5)46-24-9(27-7(3)29)18(12(32)8(4-28)43-24)44-26-17(37)15(35)19(21(47-26)22(38)39)45-25-16(36)13(33)10(30)6(2)42-25/h5-6,8-21,23-26,28,30-37,40H,4H2,1-3H3,(H,27,29)(H,38,39)/t5?,6-,8?,9?,10-,11-,12-,13?,14-,15+,16?,17?,18+,19+,20?,21?,23+,24-,25-,26+/m0/s1. The minimum absolute atomic E-state index is 0.764. The predicted molar refractivity (Wildman–Crippen MR) is 143 cm³/mol. The Morgan fingerprint density at radius 1 is 0.617 bits per heavy atom. The van der Waals surface area contributed by atoms with Crippen molar-refractivity contribution < 1.29 is 98.9 Å². The average molecular weight is 690 g/mol. The van der Waals surface area contributed by atoms with Gasteiger partial charge in [-0.2, -0.15) is 0 Å². The van der Waals surface area contributed by atoms with E-state index in [4.69, 9.17) is 33.2 Å². The summed E-state index contributed by atoms with van der Waals surface area (Å²) < 4.78 is 38.2. The zero-order valence-corrected chi connectivity index (χ0v) is 25.3. The van der Waals surface area contributed by atoms with Gasteiger partial charge in [-0.1, -0.05) is 0 Å². The van der Waals surface area contributed by atoms with Crippen molar-refractivity contribution in [2.75, 3.05) is 6.61 Å². The number of aliphatic carboxylic acids is 1. The number of ether oxygens (including phenoxy) is 7. The molecule has 0 aromatic rings. The molecule has 0 spiro atoms. The van der Waals surface area contributed by atoms with Gasteiger partial charge in [-0.05, 0) is 13.8 Å². The molecule has 0 bridgehead atoms. The van der Waals surface area contributed by atoms with Gasteiger partial charge >= 0.3 is 5.97 Å². The molecule has 21 heteroatoms. The van der Waals surface area contributed by atoms with E-state index in [0.717, 1.165) is 6.92 Å². The number of carboxylic acid groups (broad SMARTS) is 1. The van der Waals surface area contributed by atoms with Crippen molar-refractivity contribution in [3.8, 4) is 0 Å². The summed E-state index contributed by atoms with van der Waals surface area (Å²) in [5.41, 5.74) is 0. The maximum Gasteiger partial charge on any atom is 0.335 e. The molecule has 8 unspecified atom stereocenters. The molecule has 4 saturated heterocycles. The normalized spacial score (nSPS) is 50.9. The van der Waals surface area contributed by atoms with Gasteiger partial charge in [0.1, 0.15) is 79.3 Å². The van der Waals surface area contributed by atoms with Crippen LogP contribution in [0.15, 0.2) is 0 Å². The molecule has 1 amide bonds. The van der Waals surface area contributed by atoms with Gasteiger partial charge in [0, 0.05) is 6.92 Å². The molecule has 0 aromatic heterocycles. The summed E-state index contributed by atoms with van der Waals surface area (Å²) in [6.07, 6.45) is -33.4. The van der Waals surface area contributed by atoms with Crippen molar-refractivity contribution in [2.24, 2.45) is 0 Å². The Morgan fingerprint density at radius 3 is 1.72 bits per heavy atom. The highest BCUT2D eigenvalue weighted by atomic mass is 16.8. The van der Waals surface area contributed by atoms with Crippen LogP contribution >= 0.6 is 0 Å².